The second-order valence-electron chi connectivity index (χ2n) is 3.76. The van der Waals surface area contributed by atoms with E-state index in [2.05, 4.69) is 15.9 Å². The lowest BCUT2D eigenvalue weighted by Crippen LogP contribution is -2.15. The smallest absolute Gasteiger partial charge is 0.340 e. The Labute approximate surface area is 136 Å². The first-order valence-electron chi connectivity index (χ1n) is 5.22. The molecule has 0 radical (unpaired) electrons. The molecule has 0 aliphatic carbocycles. The van der Waals surface area contributed by atoms with Gasteiger partial charge < -0.3 is 5.11 Å². The van der Waals surface area contributed by atoms with Crippen molar-refractivity contribution in [2.45, 2.75) is 4.21 Å². The van der Waals surface area contributed by atoms with E-state index in [1.54, 1.807) is 0 Å². The van der Waals surface area contributed by atoms with Crippen molar-refractivity contribution in [1.82, 2.24) is 0 Å². The molecule has 1 aromatic heterocycles. The van der Waals surface area contributed by atoms with E-state index in [1.807, 2.05) is 4.72 Å². The van der Waals surface area contributed by atoms with Gasteiger partial charge >= 0.3 is 5.97 Å². The number of thiophene rings is 1. The van der Waals surface area contributed by atoms with Crippen molar-refractivity contribution < 1.29 is 22.7 Å². The van der Waals surface area contributed by atoms with Crippen LogP contribution in [0.2, 0.25) is 5.02 Å². The van der Waals surface area contributed by atoms with Crippen LogP contribution in [-0.4, -0.2) is 19.5 Å². The zero-order chi connectivity index (χ0) is 15.8. The summed E-state index contributed by atoms with van der Waals surface area (Å²) in [6.07, 6.45) is 0. The van der Waals surface area contributed by atoms with Gasteiger partial charge in [0.05, 0.1) is 14.5 Å². The van der Waals surface area contributed by atoms with Crippen LogP contribution >= 0.6 is 38.9 Å². The summed E-state index contributed by atoms with van der Waals surface area (Å²) >= 11 is 9.70. The van der Waals surface area contributed by atoms with Crippen LogP contribution in [0.5, 0.6) is 0 Å². The van der Waals surface area contributed by atoms with Gasteiger partial charge in [0.25, 0.3) is 10.0 Å². The number of halogens is 3. The van der Waals surface area contributed by atoms with E-state index in [1.165, 1.54) is 12.1 Å². The molecule has 112 valence electrons. The lowest BCUT2D eigenvalue weighted by atomic mass is 10.2. The minimum absolute atomic E-state index is 0.125. The molecular weight excluding hydrogens is 409 g/mol. The summed E-state index contributed by atoms with van der Waals surface area (Å²) in [4.78, 5) is 11.0. The second kappa shape index (κ2) is 5.91. The van der Waals surface area contributed by atoms with Gasteiger partial charge in [-0.2, -0.15) is 0 Å². The van der Waals surface area contributed by atoms with Gasteiger partial charge in [-0.1, -0.05) is 17.7 Å². The Hall–Kier alpha value is -1.16. The van der Waals surface area contributed by atoms with Crippen molar-refractivity contribution >= 4 is 60.5 Å². The normalized spacial score (nSPS) is 11.4. The molecule has 2 N–H and O–H groups in total. The number of nitrogens with one attached hydrogen (secondary N) is 1. The maximum Gasteiger partial charge on any atom is 0.340 e. The van der Waals surface area contributed by atoms with E-state index >= 15 is 0 Å². The molecule has 0 spiro atoms. The largest absolute Gasteiger partial charge is 0.478 e. The van der Waals surface area contributed by atoms with Gasteiger partial charge in [-0.05, 0) is 34.1 Å². The van der Waals surface area contributed by atoms with E-state index < -0.39 is 27.4 Å². The van der Waals surface area contributed by atoms with Crippen molar-refractivity contribution in [1.29, 1.82) is 0 Å². The summed E-state index contributed by atoms with van der Waals surface area (Å²) in [5.74, 6) is -2.61. The fourth-order valence-electron chi connectivity index (χ4n) is 1.48. The van der Waals surface area contributed by atoms with E-state index in [0.717, 1.165) is 23.5 Å². The van der Waals surface area contributed by atoms with E-state index in [0.29, 0.717) is 3.79 Å². The van der Waals surface area contributed by atoms with E-state index in [-0.39, 0.29) is 14.9 Å². The van der Waals surface area contributed by atoms with E-state index in [4.69, 9.17) is 16.7 Å². The third-order valence-electron chi connectivity index (χ3n) is 2.36. The highest BCUT2D eigenvalue weighted by Crippen LogP contribution is 2.35. The third kappa shape index (κ3) is 3.37. The molecule has 5 nitrogen and oxygen atoms in total. The molecule has 0 atom stereocenters. The molecule has 1 aromatic carbocycles. The summed E-state index contributed by atoms with van der Waals surface area (Å²) in [6, 6.07) is 4.50. The maximum absolute atomic E-state index is 13.5. The minimum Gasteiger partial charge on any atom is -0.478 e. The molecule has 0 fully saturated rings. The van der Waals surface area contributed by atoms with Gasteiger partial charge in [0.1, 0.15) is 15.6 Å². The highest BCUT2D eigenvalue weighted by atomic mass is 79.9. The van der Waals surface area contributed by atoms with Gasteiger partial charge in [-0.25, -0.2) is 17.6 Å². The lowest BCUT2D eigenvalue weighted by molar-refractivity contribution is 0.0693. The van der Waals surface area contributed by atoms with Crippen LogP contribution in [-0.2, 0) is 10.0 Å². The van der Waals surface area contributed by atoms with Crippen LogP contribution in [0.3, 0.4) is 0 Å². The molecule has 1 heterocycles. The summed E-state index contributed by atoms with van der Waals surface area (Å²) in [6.45, 7) is 0. The first kappa shape index (κ1) is 16.2. The highest BCUT2D eigenvalue weighted by Gasteiger charge is 2.23. The van der Waals surface area contributed by atoms with Gasteiger partial charge in [-0.3, -0.25) is 4.72 Å². The molecule has 0 amide bonds. The molecule has 0 bridgehead atoms. The number of benzene rings is 1. The molecule has 0 saturated carbocycles. The Morgan fingerprint density at radius 2 is 2.10 bits per heavy atom. The number of carboxylic acids is 1. The number of hydrogen-bond donors (Lipinski definition) is 2. The molecular formula is C11H6BrClFNO4S2. The molecule has 10 heteroatoms. The first-order chi connectivity index (χ1) is 9.72. The Bertz CT molecular complexity index is 802. The SMILES string of the molecule is O=C(O)c1c(F)cccc1NS(=O)(=O)c1cc(Cl)c(Br)s1. The molecule has 0 aliphatic heterocycles. The number of rotatable bonds is 4. The summed E-state index contributed by atoms with van der Waals surface area (Å²) < 4.78 is 40.2. The lowest BCUT2D eigenvalue weighted by Gasteiger charge is -2.09. The Balaban J connectivity index is 2.47. The number of carbonyl (C=O) groups is 1. The number of anilines is 1. The molecule has 0 unspecified atom stereocenters. The molecule has 21 heavy (non-hydrogen) atoms. The maximum atomic E-state index is 13.5. The van der Waals surface area contributed by atoms with Crippen molar-refractivity contribution in [3.05, 3.63) is 44.5 Å². The number of hydrogen-bond acceptors (Lipinski definition) is 4. The standard InChI is InChI=1S/C11H6BrClFNO4S2/c12-10-5(13)4-8(20-10)21(18,19)15-7-3-1-2-6(14)9(7)11(16)17/h1-4,15H,(H,16,17). The number of aromatic carboxylic acids is 1. The summed E-state index contributed by atoms with van der Waals surface area (Å²) in [5, 5.41) is 9.17. The van der Waals surface area contributed by atoms with Crippen molar-refractivity contribution in [3.8, 4) is 0 Å². The Morgan fingerprint density at radius 1 is 1.43 bits per heavy atom. The first-order valence-corrected chi connectivity index (χ1v) is 8.69. The van der Waals surface area contributed by atoms with E-state index in [9.17, 15) is 17.6 Å². The zero-order valence-electron chi connectivity index (χ0n) is 9.93. The Kier molecular flexibility index (Phi) is 4.57. The predicted molar refractivity (Wildman–Crippen MR) is 81.2 cm³/mol. The summed E-state index contributed by atoms with van der Waals surface area (Å²) in [7, 11) is -4.06. The molecule has 0 aliphatic rings. The van der Waals surface area contributed by atoms with Gasteiger partial charge in [0.2, 0.25) is 0 Å². The third-order valence-corrected chi connectivity index (χ3v) is 6.67. The van der Waals surface area contributed by atoms with Crippen molar-refractivity contribution in [3.63, 3.8) is 0 Å². The van der Waals surface area contributed by atoms with Crippen molar-refractivity contribution in [2.24, 2.45) is 0 Å². The quantitative estimate of drug-likeness (QED) is 0.797. The predicted octanol–water partition coefficient (Wildman–Crippen LogP) is 3.80. The Morgan fingerprint density at radius 3 is 2.62 bits per heavy atom. The van der Waals surface area contributed by atoms with Crippen LogP contribution in [0.4, 0.5) is 10.1 Å². The monoisotopic (exact) mass is 413 g/mol. The van der Waals surface area contributed by atoms with Crippen LogP contribution in [0, 0.1) is 5.82 Å². The average Bonchev–Trinajstić information content (AvgIpc) is 2.69. The summed E-state index contributed by atoms with van der Waals surface area (Å²) in [5.41, 5.74) is -1.11. The fourth-order valence-corrected chi connectivity index (χ4v) is 4.95. The average molecular weight is 415 g/mol. The van der Waals surface area contributed by atoms with Crippen molar-refractivity contribution in [2.75, 3.05) is 4.72 Å². The highest BCUT2D eigenvalue weighted by molar-refractivity contribution is 9.11. The van der Waals surface area contributed by atoms with Crippen LogP contribution in [0.15, 0.2) is 32.3 Å². The number of sulfonamides is 1. The van der Waals surface area contributed by atoms with Crippen LogP contribution in [0.1, 0.15) is 10.4 Å². The van der Waals surface area contributed by atoms with Gasteiger partial charge in [0, 0.05) is 0 Å². The topological polar surface area (TPSA) is 83.5 Å². The van der Waals surface area contributed by atoms with Gasteiger partial charge in [0.15, 0.2) is 0 Å². The van der Waals surface area contributed by atoms with Gasteiger partial charge in [-0.15, -0.1) is 11.3 Å². The van der Waals surface area contributed by atoms with Crippen LogP contribution < -0.4 is 4.72 Å². The van der Waals surface area contributed by atoms with Crippen LogP contribution in [0.25, 0.3) is 0 Å². The minimum atomic E-state index is -4.06. The zero-order valence-corrected chi connectivity index (χ0v) is 13.9. The fraction of sp³-hybridized carbons (Fsp3) is 0. The number of carboxylic acid groups (broad SMARTS) is 1. The molecule has 2 rings (SSSR count). The molecule has 2 aromatic rings. The molecule has 0 saturated heterocycles. The second-order valence-corrected chi connectivity index (χ2v) is 8.45.